The third kappa shape index (κ3) is 2.67. The molecule has 3 N–H and O–H groups in total. The molecule has 5 nitrogen and oxygen atoms in total. The molecular formula is C8H8N2O3S. The molecule has 0 radical (unpaired) electrons. The molecular weight excluding hydrogens is 204 g/mol. The molecule has 0 saturated carbocycles. The Morgan fingerprint density at radius 1 is 1.71 bits per heavy atom. The van der Waals surface area contributed by atoms with Crippen LogP contribution in [0.25, 0.3) is 5.57 Å². The van der Waals surface area contributed by atoms with E-state index >= 15 is 0 Å². The fourth-order valence-corrected chi connectivity index (χ4v) is 1.40. The number of allylic oxidation sites excluding steroid dienone is 1. The molecule has 0 unspecified atom stereocenters. The quantitative estimate of drug-likeness (QED) is 0.568. The van der Waals surface area contributed by atoms with Gasteiger partial charge in [0.25, 0.3) is 0 Å². The second-order valence-corrected chi connectivity index (χ2v) is 3.34. The van der Waals surface area contributed by atoms with Crippen molar-refractivity contribution in [1.29, 1.82) is 0 Å². The van der Waals surface area contributed by atoms with E-state index in [4.69, 9.17) is 10.8 Å². The summed E-state index contributed by atoms with van der Waals surface area (Å²) in [5, 5.41) is 10.4. The van der Waals surface area contributed by atoms with Gasteiger partial charge in [0.1, 0.15) is 0 Å². The molecule has 0 amide bonds. The van der Waals surface area contributed by atoms with Crippen LogP contribution < -0.4 is 5.73 Å². The molecule has 74 valence electrons. The molecule has 0 aliphatic carbocycles. The number of carbonyl (C=O) groups excluding carboxylic acids is 1. The number of carboxylic acid groups (broad SMARTS) is 1. The first kappa shape index (κ1) is 10.4. The van der Waals surface area contributed by atoms with Crippen molar-refractivity contribution in [3.05, 3.63) is 17.2 Å². The Morgan fingerprint density at radius 3 is 2.86 bits per heavy atom. The fraction of sp³-hybridized carbons (Fsp3) is 0.125. The van der Waals surface area contributed by atoms with Crippen LogP contribution in [0.2, 0.25) is 0 Å². The van der Waals surface area contributed by atoms with Crippen molar-refractivity contribution in [2.24, 2.45) is 0 Å². The number of nitrogen functional groups attached to an aromatic ring is 1. The predicted octanol–water partition coefficient (Wildman–Crippen LogP) is 0.782. The van der Waals surface area contributed by atoms with Crippen molar-refractivity contribution in [2.45, 2.75) is 6.42 Å². The van der Waals surface area contributed by atoms with Gasteiger partial charge in [-0.1, -0.05) is 6.08 Å². The Morgan fingerprint density at radius 2 is 2.43 bits per heavy atom. The van der Waals surface area contributed by atoms with Crippen LogP contribution in [-0.4, -0.2) is 22.3 Å². The third-order valence-electron chi connectivity index (χ3n) is 1.44. The van der Waals surface area contributed by atoms with Crippen LogP contribution in [0.1, 0.15) is 12.1 Å². The second-order valence-electron chi connectivity index (χ2n) is 2.45. The average Bonchev–Trinajstić information content (AvgIpc) is 2.53. The minimum atomic E-state index is -0.993. The first-order valence-electron chi connectivity index (χ1n) is 3.72. The summed E-state index contributed by atoms with van der Waals surface area (Å²) in [4.78, 5) is 24.7. The van der Waals surface area contributed by atoms with Gasteiger partial charge in [0.15, 0.2) is 11.4 Å². The zero-order valence-electron chi connectivity index (χ0n) is 7.14. The van der Waals surface area contributed by atoms with Crippen LogP contribution >= 0.6 is 11.3 Å². The number of hydrogen-bond donors (Lipinski definition) is 2. The minimum Gasteiger partial charge on any atom is -0.481 e. The van der Waals surface area contributed by atoms with Crippen LogP contribution in [0.5, 0.6) is 0 Å². The highest BCUT2D eigenvalue weighted by atomic mass is 32.1. The molecule has 0 saturated heterocycles. The second kappa shape index (κ2) is 4.52. The highest BCUT2D eigenvalue weighted by Gasteiger charge is 2.05. The lowest BCUT2D eigenvalue weighted by molar-refractivity contribution is -0.135. The van der Waals surface area contributed by atoms with Gasteiger partial charge < -0.3 is 10.8 Å². The Labute approximate surface area is 83.9 Å². The molecule has 0 aromatic carbocycles. The number of aliphatic carboxylic acids is 1. The van der Waals surface area contributed by atoms with Gasteiger partial charge in [0, 0.05) is 11.0 Å². The number of rotatable bonds is 4. The highest BCUT2D eigenvalue weighted by molar-refractivity contribution is 7.13. The van der Waals surface area contributed by atoms with Crippen LogP contribution in [0, 0.1) is 0 Å². The molecule has 1 aromatic heterocycles. The summed E-state index contributed by atoms with van der Waals surface area (Å²) in [7, 11) is 0. The van der Waals surface area contributed by atoms with E-state index in [1.807, 2.05) is 0 Å². The van der Waals surface area contributed by atoms with Gasteiger partial charge >= 0.3 is 5.97 Å². The van der Waals surface area contributed by atoms with Crippen LogP contribution in [-0.2, 0) is 9.59 Å². The Balaban J connectivity index is 2.86. The van der Waals surface area contributed by atoms with E-state index in [0.29, 0.717) is 17.1 Å². The lowest BCUT2D eigenvalue weighted by atomic mass is 10.2. The number of carbonyl (C=O) groups is 2. The summed E-state index contributed by atoms with van der Waals surface area (Å²) in [6.45, 7) is 0. The van der Waals surface area contributed by atoms with Crippen LogP contribution in [0.3, 0.4) is 0 Å². The van der Waals surface area contributed by atoms with E-state index in [-0.39, 0.29) is 12.0 Å². The Bertz CT molecular complexity index is 384. The zero-order valence-corrected chi connectivity index (χ0v) is 7.95. The van der Waals surface area contributed by atoms with Gasteiger partial charge in [-0.25, -0.2) is 4.98 Å². The lowest BCUT2D eigenvalue weighted by Gasteiger charge is -1.92. The van der Waals surface area contributed by atoms with Crippen molar-refractivity contribution in [2.75, 3.05) is 5.73 Å². The molecule has 0 spiro atoms. The molecule has 6 heteroatoms. The van der Waals surface area contributed by atoms with E-state index in [1.165, 1.54) is 17.4 Å². The number of hydrogen-bond acceptors (Lipinski definition) is 5. The van der Waals surface area contributed by atoms with E-state index in [9.17, 15) is 9.59 Å². The standard InChI is InChI=1S/C8H8N2O3S/c9-8-10-6(4-14-8)5(3-11)1-2-7(12)13/h1,3-4H,2H2,(H2,9,10)(H,12,13). The Kier molecular flexibility index (Phi) is 3.35. The fourth-order valence-electron chi connectivity index (χ4n) is 0.831. The number of aldehydes is 1. The van der Waals surface area contributed by atoms with Gasteiger partial charge in [-0.05, 0) is 0 Å². The van der Waals surface area contributed by atoms with E-state index in [1.54, 1.807) is 5.38 Å². The highest BCUT2D eigenvalue weighted by Crippen LogP contribution is 2.17. The number of anilines is 1. The van der Waals surface area contributed by atoms with Crippen LogP contribution in [0.4, 0.5) is 5.13 Å². The van der Waals surface area contributed by atoms with Gasteiger partial charge in [0.05, 0.1) is 12.1 Å². The molecule has 0 atom stereocenters. The number of aromatic nitrogens is 1. The average molecular weight is 212 g/mol. The Hall–Kier alpha value is -1.69. The van der Waals surface area contributed by atoms with Crippen molar-refractivity contribution < 1.29 is 14.7 Å². The van der Waals surface area contributed by atoms with E-state index in [2.05, 4.69) is 4.98 Å². The topological polar surface area (TPSA) is 93.3 Å². The molecule has 1 aromatic rings. The maximum atomic E-state index is 10.6. The normalized spacial score (nSPS) is 11.3. The van der Waals surface area contributed by atoms with E-state index in [0.717, 1.165) is 0 Å². The summed E-state index contributed by atoms with van der Waals surface area (Å²) < 4.78 is 0. The molecule has 1 rings (SSSR count). The SMILES string of the molecule is Nc1nc(C(C=O)=CCC(=O)O)cs1. The van der Waals surface area contributed by atoms with E-state index < -0.39 is 5.97 Å². The molecule has 14 heavy (non-hydrogen) atoms. The first-order valence-corrected chi connectivity index (χ1v) is 4.60. The molecule has 0 fully saturated rings. The maximum Gasteiger partial charge on any atom is 0.307 e. The molecule has 0 bridgehead atoms. The third-order valence-corrected chi connectivity index (χ3v) is 2.12. The molecule has 1 heterocycles. The van der Waals surface area contributed by atoms with Crippen LogP contribution in [0.15, 0.2) is 11.5 Å². The first-order chi connectivity index (χ1) is 6.63. The number of thiazole rings is 1. The molecule has 0 aliphatic heterocycles. The summed E-state index contributed by atoms with van der Waals surface area (Å²) in [6, 6.07) is 0. The van der Waals surface area contributed by atoms with Gasteiger partial charge in [0.2, 0.25) is 0 Å². The summed E-state index contributed by atoms with van der Waals surface area (Å²) in [6.07, 6.45) is 1.67. The maximum absolute atomic E-state index is 10.6. The minimum absolute atomic E-state index is 0.203. The lowest BCUT2D eigenvalue weighted by Crippen LogP contribution is -1.94. The largest absolute Gasteiger partial charge is 0.481 e. The number of nitrogens with zero attached hydrogens (tertiary/aromatic N) is 1. The van der Waals surface area contributed by atoms with Crippen molar-refractivity contribution in [1.82, 2.24) is 4.98 Å². The predicted molar refractivity (Wildman–Crippen MR) is 52.8 cm³/mol. The molecule has 0 aliphatic rings. The number of carboxylic acids is 1. The van der Waals surface area contributed by atoms with Crippen molar-refractivity contribution >= 4 is 34.3 Å². The van der Waals surface area contributed by atoms with Gasteiger partial charge in [-0.3, -0.25) is 9.59 Å². The smallest absolute Gasteiger partial charge is 0.307 e. The summed E-state index contributed by atoms with van der Waals surface area (Å²) in [5.41, 5.74) is 6.05. The zero-order chi connectivity index (χ0) is 10.6. The number of nitrogens with two attached hydrogens (primary N) is 1. The van der Waals surface area contributed by atoms with Gasteiger partial charge in [-0.2, -0.15) is 0 Å². The van der Waals surface area contributed by atoms with Crippen molar-refractivity contribution in [3.8, 4) is 0 Å². The van der Waals surface area contributed by atoms with Crippen molar-refractivity contribution in [3.63, 3.8) is 0 Å². The van der Waals surface area contributed by atoms with Gasteiger partial charge in [-0.15, -0.1) is 11.3 Å². The summed E-state index contributed by atoms with van der Waals surface area (Å²) in [5.74, 6) is -0.993. The monoisotopic (exact) mass is 212 g/mol. The summed E-state index contributed by atoms with van der Waals surface area (Å²) >= 11 is 1.20.